The van der Waals surface area contributed by atoms with Gasteiger partial charge in [0.05, 0.1) is 26.3 Å². The van der Waals surface area contributed by atoms with Crippen molar-refractivity contribution in [3.8, 4) is 22.8 Å². The van der Waals surface area contributed by atoms with Crippen LogP contribution in [-0.4, -0.2) is 31.2 Å². The fourth-order valence-electron chi connectivity index (χ4n) is 2.73. The van der Waals surface area contributed by atoms with E-state index in [2.05, 4.69) is 15.8 Å². The van der Waals surface area contributed by atoms with Crippen molar-refractivity contribution in [3.63, 3.8) is 0 Å². The van der Waals surface area contributed by atoms with Crippen molar-refractivity contribution in [1.82, 2.24) is 5.16 Å². The summed E-state index contributed by atoms with van der Waals surface area (Å²) in [7, 11) is 3.12. The van der Waals surface area contributed by atoms with E-state index in [1.165, 1.54) is 6.92 Å². The molecular formula is C21H21N3O5. The Bertz CT molecular complexity index is 1010. The highest BCUT2D eigenvalue weighted by atomic mass is 16.5. The predicted molar refractivity (Wildman–Crippen MR) is 108 cm³/mol. The fraction of sp³-hybridized carbons (Fsp3) is 0.190. The van der Waals surface area contributed by atoms with Crippen LogP contribution < -0.4 is 20.1 Å². The predicted octanol–water partition coefficient (Wildman–Crippen LogP) is 3.50. The Hall–Kier alpha value is -3.81. The topological polar surface area (TPSA) is 103 Å². The number of aromatic nitrogens is 1. The molecule has 3 rings (SSSR count). The van der Waals surface area contributed by atoms with Gasteiger partial charge in [-0.3, -0.25) is 9.59 Å². The average molecular weight is 395 g/mol. The van der Waals surface area contributed by atoms with Crippen molar-refractivity contribution >= 4 is 23.2 Å². The lowest BCUT2D eigenvalue weighted by atomic mass is 10.1. The molecule has 0 aliphatic heterocycles. The van der Waals surface area contributed by atoms with Gasteiger partial charge in [-0.15, -0.1) is 0 Å². The first-order chi connectivity index (χ1) is 14.0. The maximum Gasteiger partial charge on any atom is 0.230 e. The summed E-state index contributed by atoms with van der Waals surface area (Å²) in [5.74, 6) is 1.32. The molecule has 2 aromatic carbocycles. The number of benzene rings is 2. The number of carbonyl (C=O) groups is 2. The third-order valence-electron chi connectivity index (χ3n) is 4.06. The molecule has 2 amide bonds. The van der Waals surface area contributed by atoms with Crippen LogP contribution in [0.15, 0.2) is 53.1 Å². The van der Waals surface area contributed by atoms with E-state index in [1.807, 2.05) is 6.07 Å². The quantitative estimate of drug-likeness (QED) is 0.635. The van der Waals surface area contributed by atoms with E-state index in [9.17, 15) is 9.59 Å². The lowest BCUT2D eigenvalue weighted by Gasteiger charge is -2.07. The van der Waals surface area contributed by atoms with Crippen molar-refractivity contribution in [2.45, 2.75) is 13.3 Å². The van der Waals surface area contributed by atoms with Crippen molar-refractivity contribution < 1.29 is 23.6 Å². The molecule has 0 fully saturated rings. The Morgan fingerprint density at radius 2 is 1.59 bits per heavy atom. The Balaban J connectivity index is 1.64. The van der Waals surface area contributed by atoms with Gasteiger partial charge in [-0.25, -0.2) is 0 Å². The highest BCUT2D eigenvalue weighted by molar-refractivity contribution is 5.93. The summed E-state index contributed by atoms with van der Waals surface area (Å²) in [6.45, 7) is 1.43. The summed E-state index contributed by atoms with van der Waals surface area (Å²) in [6, 6.07) is 13.9. The van der Waals surface area contributed by atoms with Crippen LogP contribution >= 0.6 is 0 Å². The molecule has 8 heteroatoms. The van der Waals surface area contributed by atoms with Crippen molar-refractivity contribution in [2.24, 2.45) is 0 Å². The monoisotopic (exact) mass is 395 g/mol. The molecule has 0 radical (unpaired) electrons. The summed E-state index contributed by atoms with van der Waals surface area (Å²) in [5.41, 5.74) is 2.54. The molecule has 8 nitrogen and oxygen atoms in total. The van der Waals surface area contributed by atoms with Crippen molar-refractivity contribution in [3.05, 3.63) is 54.2 Å². The number of anilines is 2. The van der Waals surface area contributed by atoms with Gasteiger partial charge in [-0.1, -0.05) is 5.16 Å². The zero-order valence-corrected chi connectivity index (χ0v) is 16.3. The third kappa shape index (κ3) is 5.13. The molecule has 2 N–H and O–H groups in total. The summed E-state index contributed by atoms with van der Waals surface area (Å²) in [6.07, 6.45) is 0.0598. The second-order valence-electron chi connectivity index (χ2n) is 6.24. The average Bonchev–Trinajstić information content (AvgIpc) is 3.16. The van der Waals surface area contributed by atoms with Crippen molar-refractivity contribution in [1.29, 1.82) is 0 Å². The maximum absolute atomic E-state index is 12.3. The minimum Gasteiger partial charge on any atom is -0.493 e. The van der Waals surface area contributed by atoms with Gasteiger partial charge in [0, 0.05) is 29.9 Å². The zero-order valence-electron chi connectivity index (χ0n) is 16.3. The van der Waals surface area contributed by atoms with Crippen LogP contribution in [0, 0.1) is 0 Å². The molecule has 1 heterocycles. The Morgan fingerprint density at radius 1 is 0.931 bits per heavy atom. The number of ether oxygens (including phenoxy) is 2. The highest BCUT2D eigenvalue weighted by Gasteiger charge is 2.13. The van der Waals surface area contributed by atoms with Gasteiger partial charge in [0.2, 0.25) is 11.8 Å². The summed E-state index contributed by atoms with van der Waals surface area (Å²) in [5, 5.41) is 9.42. The number of amides is 2. The molecular weight excluding hydrogens is 374 g/mol. The molecule has 29 heavy (non-hydrogen) atoms. The smallest absolute Gasteiger partial charge is 0.230 e. The molecule has 3 aromatic rings. The number of hydrogen-bond acceptors (Lipinski definition) is 6. The molecule has 0 spiro atoms. The maximum atomic E-state index is 12.3. The minimum atomic E-state index is -0.232. The van der Waals surface area contributed by atoms with Gasteiger partial charge < -0.3 is 24.6 Å². The van der Waals surface area contributed by atoms with Crippen LogP contribution in [0.2, 0.25) is 0 Å². The SMILES string of the molecule is COc1ccc(-c2cc(CC(=O)Nc3ccc(NC(C)=O)cc3)no2)cc1OC. The van der Waals surface area contributed by atoms with Crippen LogP contribution in [0.1, 0.15) is 12.6 Å². The highest BCUT2D eigenvalue weighted by Crippen LogP contribution is 2.32. The Morgan fingerprint density at radius 3 is 2.21 bits per heavy atom. The molecule has 0 unspecified atom stereocenters. The number of nitrogens with zero attached hydrogens (tertiary/aromatic N) is 1. The van der Waals surface area contributed by atoms with Crippen LogP contribution in [0.4, 0.5) is 11.4 Å². The molecule has 0 saturated heterocycles. The largest absolute Gasteiger partial charge is 0.493 e. The molecule has 0 saturated carbocycles. The molecule has 0 aliphatic carbocycles. The van der Waals surface area contributed by atoms with E-state index >= 15 is 0 Å². The second-order valence-corrected chi connectivity index (χ2v) is 6.24. The zero-order chi connectivity index (χ0) is 20.8. The lowest BCUT2D eigenvalue weighted by molar-refractivity contribution is -0.116. The number of hydrogen-bond donors (Lipinski definition) is 2. The van der Waals surface area contributed by atoms with Gasteiger partial charge in [-0.05, 0) is 42.5 Å². The molecule has 0 aliphatic rings. The van der Waals surface area contributed by atoms with Crippen molar-refractivity contribution in [2.75, 3.05) is 24.9 Å². The third-order valence-corrected chi connectivity index (χ3v) is 4.06. The number of carbonyl (C=O) groups excluding carboxylic acids is 2. The first kappa shape index (κ1) is 19.9. The summed E-state index contributed by atoms with van der Waals surface area (Å²) >= 11 is 0. The molecule has 150 valence electrons. The summed E-state index contributed by atoms with van der Waals surface area (Å²) in [4.78, 5) is 23.3. The van der Waals surface area contributed by atoms with E-state index in [-0.39, 0.29) is 18.2 Å². The van der Waals surface area contributed by atoms with Crippen LogP contribution in [0.3, 0.4) is 0 Å². The van der Waals surface area contributed by atoms with Gasteiger partial charge >= 0.3 is 0 Å². The first-order valence-corrected chi connectivity index (χ1v) is 8.84. The van der Waals surface area contributed by atoms with Gasteiger partial charge in [-0.2, -0.15) is 0 Å². The second kappa shape index (κ2) is 8.92. The fourth-order valence-corrected chi connectivity index (χ4v) is 2.73. The minimum absolute atomic E-state index is 0.0598. The first-order valence-electron chi connectivity index (χ1n) is 8.84. The number of methoxy groups -OCH3 is 2. The van der Waals surface area contributed by atoms with E-state index in [4.69, 9.17) is 14.0 Å². The van der Waals surface area contributed by atoms with Crippen LogP contribution in [-0.2, 0) is 16.0 Å². The van der Waals surface area contributed by atoms with E-state index in [0.29, 0.717) is 34.3 Å². The normalized spacial score (nSPS) is 10.3. The number of nitrogens with one attached hydrogen (secondary N) is 2. The van der Waals surface area contributed by atoms with Crippen LogP contribution in [0.5, 0.6) is 11.5 Å². The van der Waals surface area contributed by atoms with Gasteiger partial charge in [0.25, 0.3) is 0 Å². The molecule has 0 atom stereocenters. The van der Waals surface area contributed by atoms with E-state index in [0.717, 1.165) is 5.56 Å². The molecule has 1 aromatic heterocycles. The Labute approximate surface area is 167 Å². The Kier molecular flexibility index (Phi) is 6.13. The van der Waals surface area contributed by atoms with E-state index in [1.54, 1.807) is 56.7 Å². The molecule has 0 bridgehead atoms. The van der Waals surface area contributed by atoms with E-state index < -0.39 is 0 Å². The van der Waals surface area contributed by atoms with Crippen LogP contribution in [0.25, 0.3) is 11.3 Å². The van der Waals surface area contributed by atoms with Gasteiger partial charge in [0.15, 0.2) is 17.3 Å². The van der Waals surface area contributed by atoms with Gasteiger partial charge in [0.1, 0.15) is 0 Å². The summed E-state index contributed by atoms with van der Waals surface area (Å²) < 4.78 is 15.9. The number of rotatable bonds is 7. The standard InChI is InChI=1S/C21H21N3O5/c1-13(25)22-15-5-7-16(8-6-15)23-21(26)12-17-11-19(29-24-17)14-4-9-18(27-2)20(10-14)28-3/h4-11H,12H2,1-3H3,(H,22,25)(H,23,26). The lowest BCUT2D eigenvalue weighted by Crippen LogP contribution is -2.14.